The molecular weight excluding hydrogens is 343 g/mol. The molecule has 1 saturated heterocycles. The van der Waals surface area contributed by atoms with Crippen molar-refractivity contribution in [1.82, 2.24) is 9.88 Å². The molecule has 1 aliphatic rings. The van der Waals surface area contributed by atoms with Crippen LogP contribution in [0, 0.1) is 12.7 Å². The fourth-order valence-corrected chi connectivity index (χ4v) is 3.82. The number of carbonyl (C=O) groups is 1. The van der Waals surface area contributed by atoms with Gasteiger partial charge in [0.15, 0.2) is 0 Å². The average molecular weight is 364 g/mol. The fourth-order valence-electron chi connectivity index (χ4n) is 2.88. The first-order valence-corrected chi connectivity index (χ1v) is 9.03. The van der Waals surface area contributed by atoms with Crippen LogP contribution < -0.4 is 4.74 Å². The maximum absolute atomic E-state index is 12.9. The van der Waals surface area contributed by atoms with Crippen LogP contribution in [0.15, 0.2) is 24.3 Å². The Kier molecular flexibility index (Phi) is 5.34. The third kappa shape index (κ3) is 4.35. The molecule has 0 N–H and O–H groups in total. The normalized spacial score (nSPS) is 20.6. The lowest BCUT2D eigenvalue weighted by molar-refractivity contribution is -0.0585. The van der Waals surface area contributed by atoms with Crippen molar-refractivity contribution in [3.63, 3.8) is 0 Å². The number of rotatable bonds is 4. The summed E-state index contributed by atoms with van der Waals surface area (Å²) in [6, 6.07) is 5.83. The van der Waals surface area contributed by atoms with Gasteiger partial charge in [-0.2, -0.15) is 0 Å². The summed E-state index contributed by atoms with van der Waals surface area (Å²) < 4.78 is 24.2. The molecule has 0 unspecified atom stereocenters. The first-order valence-electron chi connectivity index (χ1n) is 8.21. The number of hydrogen-bond donors (Lipinski definition) is 0. The fraction of sp³-hybridized carbons (Fsp3) is 0.444. The molecule has 2 heterocycles. The van der Waals surface area contributed by atoms with Crippen LogP contribution >= 0.6 is 11.3 Å². The summed E-state index contributed by atoms with van der Waals surface area (Å²) in [5, 5.41) is 0.722. The van der Waals surface area contributed by atoms with Crippen molar-refractivity contribution in [3.05, 3.63) is 45.7 Å². The largest absolute Gasteiger partial charge is 0.486 e. The minimum atomic E-state index is -0.306. The number of morpholine rings is 1. The van der Waals surface area contributed by atoms with Gasteiger partial charge >= 0.3 is 0 Å². The van der Waals surface area contributed by atoms with Gasteiger partial charge in [0.05, 0.1) is 17.9 Å². The van der Waals surface area contributed by atoms with Gasteiger partial charge < -0.3 is 14.4 Å². The molecule has 1 aromatic carbocycles. The van der Waals surface area contributed by atoms with Gasteiger partial charge in [0.25, 0.3) is 5.91 Å². The van der Waals surface area contributed by atoms with Crippen LogP contribution in [0.5, 0.6) is 5.75 Å². The molecule has 1 aliphatic heterocycles. The van der Waals surface area contributed by atoms with Crippen molar-refractivity contribution in [2.75, 3.05) is 13.1 Å². The third-order valence-corrected chi connectivity index (χ3v) is 5.04. The van der Waals surface area contributed by atoms with Crippen molar-refractivity contribution in [1.29, 1.82) is 0 Å². The molecule has 1 aromatic heterocycles. The second-order valence-corrected chi connectivity index (χ2v) is 7.32. The standard InChI is InChI=1S/C18H21FN2O3S/c1-11-8-21(9-12(2)24-11)18(22)17-13(3)20-16(25-17)10-23-15-6-4-14(19)5-7-15/h4-7,11-12H,8-10H2,1-3H3/t11-,12-/m1/s1. The highest BCUT2D eigenvalue weighted by Crippen LogP contribution is 2.23. The van der Waals surface area contributed by atoms with E-state index >= 15 is 0 Å². The maximum Gasteiger partial charge on any atom is 0.266 e. The van der Waals surface area contributed by atoms with Crippen LogP contribution in [0.3, 0.4) is 0 Å². The number of carbonyl (C=O) groups excluding carboxylic acids is 1. The van der Waals surface area contributed by atoms with Crippen molar-refractivity contribution in [3.8, 4) is 5.75 Å². The number of benzene rings is 1. The minimum Gasteiger partial charge on any atom is -0.486 e. The van der Waals surface area contributed by atoms with E-state index < -0.39 is 0 Å². The van der Waals surface area contributed by atoms with E-state index in [9.17, 15) is 9.18 Å². The molecule has 0 spiro atoms. The van der Waals surface area contributed by atoms with Gasteiger partial charge in [0.2, 0.25) is 0 Å². The predicted octanol–water partition coefficient (Wildman–Crippen LogP) is 3.42. The van der Waals surface area contributed by atoms with E-state index in [1.807, 2.05) is 25.7 Å². The van der Waals surface area contributed by atoms with Gasteiger partial charge in [-0.15, -0.1) is 11.3 Å². The molecule has 2 aromatic rings. The van der Waals surface area contributed by atoms with Crippen molar-refractivity contribution < 1.29 is 18.7 Å². The lowest BCUT2D eigenvalue weighted by Crippen LogP contribution is -2.48. The molecule has 5 nitrogen and oxygen atoms in total. The monoisotopic (exact) mass is 364 g/mol. The van der Waals surface area contributed by atoms with E-state index in [0.717, 1.165) is 5.01 Å². The second-order valence-electron chi connectivity index (χ2n) is 6.23. The molecule has 2 atom stereocenters. The Morgan fingerprint density at radius 2 is 1.96 bits per heavy atom. The number of halogens is 1. The van der Waals surface area contributed by atoms with E-state index in [4.69, 9.17) is 9.47 Å². The van der Waals surface area contributed by atoms with Gasteiger partial charge in [-0.05, 0) is 45.0 Å². The number of hydrogen-bond acceptors (Lipinski definition) is 5. The molecule has 1 fully saturated rings. The lowest BCUT2D eigenvalue weighted by Gasteiger charge is -2.35. The highest BCUT2D eigenvalue weighted by atomic mass is 32.1. The summed E-state index contributed by atoms with van der Waals surface area (Å²) in [6.45, 7) is 7.19. The molecule has 134 valence electrons. The Labute approximate surface area is 150 Å². The number of thiazole rings is 1. The van der Waals surface area contributed by atoms with Gasteiger partial charge in [-0.1, -0.05) is 0 Å². The van der Waals surface area contributed by atoms with Gasteiger partial charge in [-0.3, -0.25) is 4.79 Å². The molecule has 0 saturated carbocycles. The average Bonchev–Trinajstić information content (AvgIpc) is 2.93. The first kappa shape index (κ1) is 17.8. The number of aryl methyl sites for hydroxylation is 1. The Hall–Kier alpha value is -1.99. The number of ether oxygens (including phenoxy) is 2. The second kappa shape index (κ2) is 7.49. The summed E-state index contributed by atoms with van der Waals surface area (Å²) in [5.74, 6) is 0.252. The van der Waals surface area contributed by atoms with Crippen LogP contribution in [-0.4, -0.2) is 41.1 Å². The lowest BCUT2D eigenvalue weighted by atomic mass is 10.2. The summed E-state index contributed by atoms with van der Waals surface area (Å²) >= 11 is 1.34. The summed E-state index contributed by atoms with van der Waals surface area (Å²) in [6.07, 6.45) is 0.0596. The smallest absolute Gasteiger partial charge is 0.266 e. The summed E-state index contributed by atoms with van der Waals surface area (Å²) in [7, 11) is 0. The molecule has 0 radical (unpaired) electrons. The van der Waals surface area contributed by atoms with Gasteiger partial charge in [0, 0.05) is 13.1 Å². The predicted molar refractivity (Wildman–Crippen MR) is 93.5 cm³/mol. The van der Waals surface area contributed by atoms with Crippen LogP contribution in [0.2, 0.25) is 0 Å². The zero-order valence-electron chi connectivity index (χ0n) is 14.5. The number of nitrogens with zero attached hydrogens (tertiary/aromatic N) is 2. The number of aromatic nitrogens is 1. The minimum absolute atomic E-state index is 0.00923. The molecule has 0 bridgehead atoms. The highest BCUT2D eigenvalue weighted by molar-refractivity contribution is 7.13. The Morgan fingerprint density at radius 3 is 2.60 bits per heavy atom. The van der Waals surface area contributed by atoms with Crippen molar-refractivity contribution in [2.45, 2.75) is 39.6 Å². The van der Waals surface area contributed by atoms with E-state index in [2.05, 4.69) is 4.98 Å². The Bertz CT molecular complexity index is 737. The van der Waals surface area contributed by atoms with Gasteiger partial charge in [-0.25, -0.2) is 9.37 Å². The van der Waals surface area contributed by atoms with Crippen LogP contribution in [0.4, 0.5) is 4.39 Å². The molecular formula is C18H21FN2O3S. The van der Waals surface area contributed by atoms with Crippen LogP contribution in [-0.2, 0) is 11.3 Å². The quantitative estimate of drug-likeness (QED) is 0.834. The van der Waals surface area contributed by atoms with Crippen LogP contribution in [0.1, 0.15) is 34.2 Å². The maximum atomic E-state index is 12.9. The third-order valence-electron chi connectivity index (χ3n) is 3.92. The number of amides is 1. The van der Waals surface area contributed by atoms with E-state index in [-0.39, 0.29) is 30.5 Å². The van der Waals surface area contributed by atoms with Crippen molar-refractivity contribution >= 4 is 17.2 Å². The molecule has 0 aliphatic carbocycles. The first-order chi connectivity index (χ1) is 11.9. The topological polar surface area (TPSA) is 51.7 Å². The zero-order chi connectivity index (χ0) is 18.0. The molecule has 3 rings (SSSR count). The molecule has 7 heteroatoms. The SMILES string of the molecule is Cc1nc(COc2ccc(F)cc2)sc1C(=O)N1C[C@@H](C)O[C@H](C)C1. The van der Waals surface area contributed by atoms with Gasteiger partial charge in [0.1, 0.15) is 28.1 Å². The molecule has 25 heavy (non-hydrogen) atoms. The Morgan fingerprint density at radius 1 is 1.32 bits per heavy atom. The van der Waals surface area contributed by atoms with Crippen molar-refractivity contribution in [2.24, 2.45) is 0 Å². The summed E-state index contributed by atoms with van der Waals surface area (Å²) in [4.78, 5) is 19.7. The van der Waals surface area contributed by atoms with E-state index in [1.54, 1.807) is 12.1 Å². The Balaban J connectivity index is 1.67. The zero-order valence-corrected chi connectivity index (χ0v) is 15.3. The molecule has 1 amide bonds. The summed E-state index contributed by atoms with van der Waals surface area (Å²) in [5.41, 5.74) is 0.708. The van der Waals surface area contributed by atoms with E-state index in [0.29, 0.717) is 29.4 Å². The van der Waals surface area contributed by atoms with E-state index in [1.165, 1.54) is 23.5 Å². The van der Waals surface area contributed by atoms with Crippen LogP contribution in [0.25, 0.3) is 0 Å². The highest BCUT2D eigenvalue weighted by Gasteiger charge is 2.28.